The summed E-state index contributed by atoms with van der Waals surface area (Å²) in [5.41, 5.74) is 2.71. The van der Waals surface area contributed by atoms with Gasteiger partial charge in [-0.1, -0.05) is 38.5 Å². The maximum atomic E-state index is 12.8. The van der Waals surface area contributed by atoms with E-state index in [-0.39, 0.29) is 5.91 Å². The first-order valence-corrected chi connectivity index (χ1v) is 7.66. The van der Waals surface area contributed by atoms with E-state index in [0.29, 0.717) is 16.9 Å². The number of rotatable bonds is 1. The van der Waals surface area contributed by atoms with Gasteiger partial charge in [0.2, 0.25) is 0 Å². The van der Waals surface area contributed by atoms with E-state index in [1.165, 1.54) is 18.4 Å². The quantitative estimate of drug-likeness (QED) is 0.755. The Hall–Kier alpha value is -1.31. The minimum absolute atomic E-state index is 0.219. The number of hydrogen-bond donors (Lipinski definition) is 0. The first-order chi connectivity index (χ1) is 9.28. The SMILES string of the molecule is Cc1ccc(C(=O)N2C[C@@]3(C)C[C@H]2CC(C)(C)C3)cc1. The van der Waals surface area contributed by atoms with Crippen molar-refractivity contribution in [2.45, 2.75) is 53.0 Å². The van der Waals surface area contributed by atoms with Crippen LogP contribution in [0.25, 0.3) is 0 Å². The van der Waals surface area contributed by atoms with Gasteiger partial charge in [-0.15, -0.1) is 0 Å². The molecule has 0 unspecified atom stereocenters. The Morgan fingerprint density at radius 3 is 2.45 bits per heavy atom. The molecule has 20 heavy (non-hydrogen) atoms. The van der Waals surface area contributed by atoms with Gasteiger partial charge in [0, 0.05) is 18.2 Å². The summed E-state index contributed by atoms with van der Waals surface area (Å²) in [4.78, 5) is 14.9. The Labute approximate surface area is 122 Å². The van der Waals surface area contributed by atoms with Gasteiger partial charge in [-0.25, -0.2) is 0 Å². The standard InChI is InChI=1S/C18H25NO/c1-13-5-7-14(8-6-13)16(20)19-12-18(4)10-15(19)9-17(2,3)11-18/h5-8,15H,9-12H2,1-4H3/t15-,18+/m1/s1. The Morgan fingerprint density at radius 1 is 1.15 bits per heavy atom. The largest absolute Gasteiger partial charge is 0.335 e. The molecule has 0 N–H and O–H groups in total. The molecule has 0 radical (unpaired) electrons. The maximum absolute atomic E-state index is 12.8. The van der Waals surface area contributed by atoms with Crippen LogP contribution in [-0.4, -0.2) is 23.4 Å². The summed E-state index contributed by atoms with van der Waals surface area (Å²) in [6.45, 7) is 10.0. The second-order valence-corrected chi connectivity index (χ2v) is 8.01. The van der Waals surface area contributed by atoms with E-state index < -0.39 is 0 Å². The van der Waals surface area contributed by atoms with Gasteiger partial charge in [0.1, 0.15) is 0 Å². The molecule has 2 bridgehead atoms. The molecule has 1 saturated heterocycles. The molecule has 2 atom stereocenters. The summed E-state index contributed by atoms with van der Waals surface area (Å²) in [5, 5.41) is 0. The van der Waals surface area contributed by atoms with Crippen molar-refractivity contribution in [3.63, 3.8) is 0 Å². The van der Waals surface area contributed by atoms with Crippen molar-refractivity contribution in [3.05, 3.63) is 35.4 Å². The minimum Gasteiger partial charge on any atom is -0.335 e. The summed E-state index contributed by atoms with van der Waals surface area (Å²) in [5.74, 6) is 0.219. The van der Waals surface area contributed by atoms with Crippen LogP contribution in [0.15, 0.2) is 24.3 Å². The van der Waals surface area contributed by atoms with E-state index in [2.05, 4.69) is 32.6 Å². The Balaban J connectivity index is 1.85. The van der Waals surface area contributed by atoms with Crippen molar-refractivity contribution >= 4 is 5.91 Å². The Bertz CT molecular complexity index is 531. The minimum atomic E-state index is 0.219. The number of nitrogens with zero attached hydrogens (tertiary/aromatic N) is 1. The first-order valence-electron chi connectivity index (χ1n) is 7.66. The molecule has 2 nitrogen and oxygen atoms in total. The number of benzene rings is 1. The van der Waals surface area contributed by atoms with Crippen LogP contribution in [0.5, 0.6) is 0 Å². The topological polar surface area (TPSA) is 20.3 Å². The molecule has 0 spiro atoms. The fourth-order valence-corrected chi connectivity index (χ4v) is 4.56. The maximum Gasteiger partial charge on any atom is 0.254 e. The summed E-state index contributed by atoms with van der Waals surface area (Å²) in [6, 6.07) is 8.42. The number of carbonyl (C=O) groups excluding carboxylic acids is 1. The summed E-state index contributed by atoms with van der Waals surface area (Å²) in [7, 11) is 0. The molecule has 1 saturated carbocycles. The Morgan fingerprint density at radius 2 is 1.80 bits per heavy atom. The molecule has 0 aromatic heterocycles. The van der Waals surface area contributed by atoms with E-state index in [9.17, 15) is 4.79 Å². The predicted octanol–water partition coefficient (Wildman–Crippen LogP) is 4.04. The molecule has 1 aliphatic heterocycles. The van der Waals surface area contributed by atoms with E-state index in [1.807, 2.05) is 24.3 Å². The van der Waals surface area contributed by atoms with E-state index >= 15 is 0 Å². The summed E-state index contributed by atoms with van der Waals surface area (Å²) < 4.78 is 0. The lowest BCUT2D eigenvalue weighted by atomic mass is 9.65. The van der Waals surface area contributed by atoms with Gasteiger partial charge in [-0.3, -0.25) is 4.79 Å². The lowest BCUT2D eigenvalue weighted by Gasteiger charge is -2.39. The lowest BCUT2D eigenvalue weighted by Crippen LogP contribution is -2.37. The van der Waals surface area contributed by atoms with Gasteiger partial charge >= 0.3 is 0 Å². The van der Waals surface area contributed by atoms with E-state index in [4.69, 9.17) is 0 Å². The van der Waals surface area contributed by atoms with Crippen LogP contribution in [0.1, 0.15) is 56.0 Å². The second-order valence-electron chi connectivity index (χ2n) is 8.01. The highest BCUT2D eigenvalue weighted by Crippen LogP contribution is 2.52. The molecule has 1 heterocycles. The van der Waals surface area contributed by atoms with Crippen LogP contribution >= 0.6 is 0 Å². The highest BCUT2D eigenvalue weighted by atomic mass is 16.2. The molecule has 1 amide bonds. The van der Waals surface area contributed by atoms with Crippen molar-refractivity contribution in [1.82, 2.24) is 4.90 Å². The molecule has 1 aromatic rings. The first kappa shape index (κ1) is 13.7. The van der Waals surface area contributed by atoms with Crippen LogP contribution < -0.4 is 0 Å². The molecule has 1 aliphatic carbocycles. The Kier molecular flexibility index (Phi) is 2.97. The van der Waals surface area contributed by atoms with Gasteiger partial charge in [0.25, 0.3) is 5.91 Å². The molecular weight excluding hydrogens is 246 g/mol. The monoisotopic (exact) mass is 271 g/mol. The average Bonchev–Trinajstić information content (AvgIpc) is 2.58. The van der Waals surface area contributed by atoms with Crippen molar-refractivity contribution in [2.24, 2.45) is 10.8 Å². The number of aryl methyl sites for hydroxylation is 1. The highest BCUT2D eigenvalue weighted by molar-refractivity contribution is 5.94. The van der Waals surface area contributed by atoms with Crippen molar-refractivity contribution in [3.8, 4) is 0 Å². The zero-order valence-electron chi connectivity index (χ0n) is 13.1. The molecule has 2 aliphatic rings. The van der Waals surface area contributed by atoms with Gasteiger partial charge in [-0.05, 0) is 49.1 Å². The predicted molar refractivity (Wildman–Crippen MR) is 81.7 cm³/mol. The normalized spacial score (nSPS) is 31.4. The summed E-state index contributed by atoms with van der Waals surface area (Å²) >= 11 is 0. The van der Waals surface area contributed by atoms with Crippen LogP contribution in [0.2, 0.25) is 0 Å². The van der Waals surface area contributed by atoms with Gasteiger partial charge in [-0.2, -0.15) is 0 Å². The molecule has 108 valence electrons. The van der Waals surface area contributed by atoms with Gasteiger partial charge < -0.3 is 4.90 Å². The molecular formula is C18H25NO. The number of hydrogen-bond acceptors (Lipinski definition) is 1. The fourth-order valence-electron chi connectivity index (χ4n) is 4.56. The molecule has 2 heteroatoms. The van der Waals surface area contributed by atoms with E-state index in [0.717, 1.165) is 18.5 Å². The lowest BCUT2D eigenvalue weighted by molar-refractivity contribution is 0.0708. The zero-order valence-corrected chi connectivity index (χ0v) is 13.1. The van der Waals surface area contributed by atoms with Crippen molar-refractivity contribution in [1.29, 1.82) is 0 Å². The number of fused-ring (bicyclic) bond motifs is 2. The molecule has 2 fully saturated rings. The van der Waals surface area contributed by atoms with Crippen LogP contribution in [-0.2, 0) is 0 Å². The number of likely N-dealkylation sites (tertiary alicyclic amines) is 1. The number of carbonyl (C=O) groups is 1. The summed E-state index contributed by atoms with van der Waals surface area (Å²) in [6.07, 6.45) is 3.54. The van der Waals surface area contributed by atoms with Crippen molar-refractivity contribution in [2.75, 3.05) is 6.54 Å². The van der Waals surface area contributed by atoms with Crippen LogP contribution in [0.3, 0.4) is 0 Å². The number of amides is 1. The highest BCUT2D eigenvalue weighted by Gasteiger charge is 2.50. The van der Waals surface area contributed by atoms with Crippen LogP contribution in [0.4, 0.5) is 0 Å². The third-order valence-electron chi connectivity index (χ3n) is 4.97. The molecule has 3 rings (SSSR count). The average molecular weight is 271 g/mol. The van der Waals surface area contributed by atoms with Crippen LogP contribution in [0, 0.1) is 17.8 Å². The van der Waals surface area contributed by atoms with Gasteiger partial charge in [0.15, 0.2) is 0 Å². The zero-order chi connectivity index (χ0) is 14.5. The van der Waals surface area contributed by atoms with Crippen molar-refractivity contribution < 1.29 is 4.79 Å². The second kappa shape index (κ2) is 4.34. The van der Waals surface area contributed by atoms with E-state index in [1.54, 1.807) is 0 Å². The third-order valence-corrected chi connectivity index (χ3v) is 4.97. The fraction of sp³-hybridized carbons (Fsp3) is 0.611. The smallest absolute Gasteiger partial charge is 0.254 e. The third kappa shape index (κ3) is 2.36. The van der Waals surface area contributed by atoms with Gasteiger partial charge in [0.05, 0.1) is 0 Å². The molecule has 1 aromatic carbocycles.